The zero-order valence-corrected chi connectivity index (χ0v) is 24.0. The van der Waals surface area contributed by atoms with Gasteiger partial charge in [-0.2, -0.15) is 0 Å². The maximum atomic E-state index is 13.8. The molecule has 0 bridgehead atoms. The molecule has 0 spiro atoms. The van der Waals surface area contributed by atoms with Gasteiger partial charge in [0.15, 0.2) is 0 Å². The maximum absolute atomic E-state index is 13.8. The van der Waals surface area contributed by atoms with Gasteiger partial charge in [0.05, 0.1) is 15.7 Å². The second-order valence-corrected chi connectivity index (χ2v) is 10.7. The molecule has 0 aliphatic rings. The summed E-state index contributed by atoms with van der Waals surface area (Å²) in [5.41, 5.74) is 6.80. The summed E-state index contributed by atoms with van der Waals surface area (Å²) in [4.78, 5) is 14.8. The first-order valence-electron chi connectivity index (χ1n) is 12.7. The second kappa shape index (κ2) is 12.0. The van der Waals surface area contributed by atoms with E-state index in [1.165, 1.54) is 5.69 Å². The molecular formula is C32H31Cl2FN4. The van der Waals surface area contributed by atoms with Crippen LogP contribution < -0.4 is 0 Å². The van der Waals surface area contributed by atoms with E-state index in [4.69, 9.17) is 23.2 Å². The third-order valence-electron chi connectivity index (χ3n) is 6.46. The Morgan fingerprint density at radius 2 is 1.49 bits per heavy atom. The number of aromatic amines is 2. The molecule has 0 fully saturated rings. The molecule has 2 N–H and O–H groups in total. The van der Waals surface area contributed by atoms with Crippen LogP contribution in [-0.2, 0) is 0 Å². The highest BCUT2D eigenvalue weighted by atomic mass is 35.5. The number of hydrogen-bond donors (Lipinski definition) is 2. The zero-order chi connectivity index (χ0) is 28.3. The minimum absolute atomic E-state index is 0.104. The zero-order valence-electron chi connectivity index (χ0n) is 22.4. The van der Waals surface area contributed by atoms with E-state index >= 15 is 0 Å². The number of rotatable bonds is 6. The number of benzene rings is 2. The van der Waals surface area contributed by atoms with Gasteiger partial charge < -0.3 is 9.97 Å². The fourth-order valence-corrected chi connectivity index (χ4v) is 4.79. The molecule has 0 aliphatic carbocycles. The number of aliphatic imine (C=N–C) groups is 1. The van der Waals surface area contributed by atoms with Crippen molar-refractivity contribution >= 4 is 57.4 Å². The first kappa shape index (κ1) is 28.3. The van der Waals surface area contributed by atoms with Crippen molar-refractivity contribution in [2.24, 2.45) is 4.99 Å². The smallest absolute Gasteiger partial charge is 0.148 e. The van der Waals surface area contributed by atoms with Gasteiger partial charge in [-0.05, 0) is 73.2 Å². The largest absolute Gasteiger partial charge is 0.358 e. The third-order valence-corrected chi connectivity index (χ3v) is 7.09. The van der Waals surface area contributed by atoms with E-state index in [0.717, 1.165) is 49.9 Å². The SMILES string of the molecule is C=C/C(F)=C(\N=C)c1cc2[nH]c(C(C)C)cc2cc1Cl.CC(C)c1cc2cc(Cl)c(-c3ccccn3)cc2[nH]1. The van der Waals surface area contributed by atoms with Crippen molar-refractivity contribution in [3.05, 3.63) is 106 Å². The predicted molar refractivity (Wildman–Crippen MR) is 166 cm³/mol. The van der Waals surface area contributed by atoms with Crippen LogP contribution in [0.15, 0.2) is 84.3 Å². The average Bonchev–Trinajstić information content (AvgIpc) is 3.53. The Bertz CT molecular complexity index is 1680. The molecule has 3 heterocycles. The Morgan fingerprint density at radius 3 is 2.00 bits per heavy atom. The van der Waals surface area contributed by atoms with Crippen molar-refractivity contribution in [3.8, 4) is 11.3 Å². The molecule has 39 heavy (non-hydrogen) atoms. The van der Waals surface area contributed by atoms with Gasteiger partial charge in [0.25, 0.3) is 0 Å². The Kier molecular flexibility index (Phi) is 8.73. The van der Waals surface area contributed by atoms with E-state index in [1.807, 2.05) is 30.3 Å². The average molecular weight is 562 g/mol. The monoisotopic (exact) mass is 560 g/mol. The molecule has 0 atom stereocenters. The van der Waals surface area contributed by atoms with Gasteiger partial charge in [-0.3, -0.25) is 9.98 Å². The van der Waals surface area contributed by atoms with Gasteiger partial charge in [0.1, 0.15) is 11.5 Å². The summed E-state index contributed by atoms with van der Waals surface area (Å²) in [6, 6.07) is 17.7. The highest BCUT2D eigenvalue weighted by Gasteiger charge is 2.14. The lowest BCUT2D eigenvalue weighted by atomic mass is 10.1. The van der Waals surface area contributed by atoms with Crippen molar-refractivity contribution < 1.29 is 4.39 Å². The molecule has 7 heteroatoms. The van der Waals surface area contributed by atoms with Crippen LogP contribution in [-0.4, -0.2) is 21.7 Å². The van der Waals surface area contributed by atoms with E-state index in [2.05, 4.69) is 73.1 Å². The van der Waals surface area contributed by atoms with Gasteiger partial charge in [-0.25, -0.2) is 4.39 Å². The molecule has 0 aliphatic heterocycles. The van der Waals surface area contributed by atoms with Gasteiger partial charge >= 0.3 is 0 Å². The van der Waals surface area contributed by atoms with Crippen LogP contribution in [0.2, 0.25) is 10.0 Å². The Labute approximate surface area is 238 Å². The molecule has 0 unspecified atom stereocenters. The number of fused-ring (bicyclic) bond motifs is 2. The molecule has 200 valence electrons. The highest BCUT2D eigenvalue weighted by Crippen LogP contribution is 2.34. The van der Waals surface area contributed by atoms with E-state index in [-0.39, 0.29) is 5.70 Å². The molecule has 5 rings (SSSR count). The fourth-order valence-electron chi connectivity index (χ4n) is 4.26. The van der Waals surface area contributed by atoms with Crippen LogP contribution in [0.4, 0.5) is 4.39 Å². The first-order valence-corrected chi connectivity index (χ1v) is 13.4. The third kappa shape index (κ3) is 6.16. The normalized spacial score (nSPS) is 12.0. The van der Waals surface area contributed by atoms with Crippen molar-refractivity contribution in [3.63, 3.8) is 0 Å². The first-order chi connectivity index (χ1) is 18.6. The van der Waals surface area contributed by atoms with Crippen molar-refractivity contribution in [1.82, 2.24) is 15.0 Å². The summed E-state index contributed by atoms with van der Waals surface area (Å²) < 4.78 is 13.8. The number of H-pyrrole nitrogens is 2. The summed E-state index contributed by atoms with van der Waals surface area (Å²) in [7, 11) is 0. The summed E-state index contributed by atoms with van der Waals surface area (Å²) in [6.45, 7) is 15.3. The van der Waals surface area contributed by atoms with E-state index in [1.54, 1.807) is 18.3 Å². The van der Waals surface area contributed by atoms with E-state index in [9.17, 15) is 4.39 Å². The predicted octanol–water partition coefficient (Wildman–Crippen LogP) is 10.5. The number of pyridine rings is 1. The fraction of sp³-hybridized carbons (Fsp3) is 0.188. The minimum Gasteiger partial charge on any atom is -0.358 e. The lowest BCUT2D eigenvalue weighted by Gasteiger charge is -2.05. The number of allylic oxidation sites excluding steroid dienone is 2. The molecule has 0 radical (unpaired) electrons. The van der Waals surface area contributed by atoms with E-state index < -0.39 is 5.83 Å². The van der Waals surface area contributed by atoms with Gasteiger partial charge in [0.2, 0.25) is 0 Å². The lowest BCUT2D eigenvalue weighted by molar-refractivity contribution is 0.669. The number of nitrogens with zero attached hydrogens (tertiary/aromatic N) is 2. The second-order valence-electron chi connectivity index (χ2n) is 9.87. The quantitative estimate of drug-likeness (QED) is 0.157. The number of halogens is 3. The highest BCUT2D eigenvalue weighted by molar-refractivity contribution is 6.34. The van der Waals surface area contributed by atoms with Crippen LogP contribution in [0.1, 0.15) is 56.5 Å². The van der Waals surface area contributed by atoms with Crippen LogP contribution in [0, 0.1) is 0 Å². The standard InChI is InChI=1S/C16H16ClFN2.C16H15ClN2/c1-5-13(18)16(19-4)11-8-15-10(6-12(11)17)7-14(20-15)9(2)3;1-10(2)15-8-11-7-13(17)12(9-16(11)19-15)14-5-3-4-6-18-14/h5-9,20H,1,4H2,2-3H3;3-10,19H,1-2H3/b16-13+;. The summed E-state index contributed by atoms with van der Waals surface area (Å²) in [6.07, 6.45) is 2.88. The summed E-state index contributed by atoms with van der Waals surface area (Å²) in [5.74, 6) is 0.309. The molecule has 4 nitrogen and oxygen atoms in total. The molecule has 0 saturated carbocycles. The Morgan fingerprint density at radius 1 is 0.897 bits per heavy atom. The van der Waals surface area contributed by atoms with E-state index in [0.29, 0.717) is 22.4 Å². The topological polar surface area (TPSA) is 56.8 Å². The van der Waals surface area contributed by atoms with Crippen LogP contribution in [0.3, 0.4) is 0 Å². The molecular weight excluding hydrogens is 530 g/mol. The molecule has 3 aromatic heterocycles. The van der Waals surface area contributed by atoms with Gasteiger partial charge in [-0.1, -0.05) is 63.5 Å². The summed E-state index contributed by atoms with van der Waals surface area (Å²) in [5, 5.41) is 3.31. The van der Waals surface area contributed by atoms with Gasteiger partial charge in [0, 0.05) is 50.5 Å². The van der Waals surface area contributed by atoms with Crippen LogP contribution in [0.25, 0.3) is 38.8 Å². The van der Waals surface area contributed by atoms with Crippen molar-refractivity contribution in [2.45, 2.75) is 39.5 Å². The number of hydrogen-bond acceptors (Lipinski definition) is 2. The maximum Gasteiger partial charge on any atom is 0.148 e. The van der Waals surface area contributed by atoms with Gasteiger partial charge in [-0.15, -0.1) is 0 Å². The van der Waals surface area contributed by atoms with Crippen LogP contribution >= 0.6 is 23.2 Å². The molecule has 2 aromatic carbocycles. The lowest BCUT2D eigenvalue weighted by Crippen LogP contribution is -1.87. The van der Waals surface area contributed by atoms with Crippen molar-refractivity contribution in [2.75, 3.05) is 0 Å². The van der Waals surface area contributed by atoms with Crippen molar-refractivity contribution in [1.29, 1.82) is 0 Å². The number of aromatic nitrogens is 3. The minimum atomic E-state index is -0.545. The Balaban J connectivity index is 0.000000181. The molecule has 0 amide bonds. The number of nitrogens with one attached hydrogen (secondary N) is 2. The summed E-state index contributed by atoms with van der Waals surface area (Å²) >= 11 is 12.6. The van der Waals surface area contributed by atoms with Crippen LogP contribution in [0.5, 0.6) is 0 Å². The molecule has 0 saturated heterocycles. The Hall–Kier alpha value is -3.67. The molecule has 5 aromatic rings.